The Morgan fingerprint density at radius 1 is 0.569 bits per heavy atom. The van der Waals surface area contributed by atoms with Crippen molar-refractivity contribution in [2.75, 3.05) is 0 Å². The van der Waals surface area contributed by atoms with Crippen LogP contribution in [0.15, 0.2) is 181 Å². The lowest BCUT2D eigenvalue weighted by atomic mass is 9.76. The molecular formula is C47H33N3O. The SMILES string of the molecule is C1=CC2OC3=C(C=CCC3c3ccccc3)C2C(c2cc(-c3nc(-c4ccccc4)nc(-c4ccc5ccccc5c4)n3)cc3ccccc23)=C1. The minimum absolute atomic E-state index is 0.0623. The van der Waals surface area contributed by atoms with E-state index in [0.717, 1.165) is 39.6 Å². The van der Waals surface area contributed by atoms with Crippen LogP contribution < -0.4 is 0 Å². The van der Waals surface area contributed by atoms with Gasteiger partial charge in [0, 0.05) is 28.2 Å². The van der Waals surface area contributed by atoms with E-state index in [0.29, 0.717) is 17.5 Å². The van der Waals surface area contributed by atoms with Crippen LogP contribution in [0.3, 0.4) is 0 Å². The molecule has 7 aromatic rings. The smallest absolute Gasteiger partial charge is 0.164 e. The molecule has 0 saturated heterocycles. The zero-order valence-corrected chi connectivity index (χ0v) is 27.9. The average Bonchev–Trinajstić information content (AvgIpc) is 3.60. The van der Waals surface area contributed by atoms with Crippen molar-refractivity contribution in [1.82, 2.24) is 15.0 Å². The summed E-state index contributed by atoms with van der Waals surface area (Å²) in [7, 11) is 0. The van der Waals surface area contributed by atoms with Gasteiger partial charge >= 0.3 is 0 Å². The predicted octanol–water partition coefficient (Wildman–Crippen LogP) is 11.1. The molecule has 0 fully saturated rings. The van der Waals surface area contributed by atoms with Crippen LogP contribution in [0.1, 0.15) is 23.5 Å². The van der Waals surface area contributed by atoms with E-state index < -0.39 is 0 Å². The van der Waals surface area contributed by atoms with E-state index >= 15 is 0 Å². The van der Waals surface area contributed by atoms with Crippen molar-refractivity contribution in [3.05, 3.63) is 192 Å². The third kappa shape index (κ3) is 5.19. The maximum Gasteiger partial charge on any atom is 0.164 e. The molecule has 1 aromatic heterocycles. The van der Waals surface area contributed by atoms with Gasteiger partial charge in [-0.3, -0.25) is 0 Å². The van der Waals surface area contributed by atoms with Gasteiger partial charge < -0.3 is 4.74 Å². The van der Waals surface area contributed by atoms with E-state index in [1.165, 1.54) is 33.0 Å². The average molecular weight is 656 g/mol. The predicted molar refractivity (Wildman–Crippen MR) is 207 cm³/mol. The quantitative estimate of drug-likeness (QED) is 0.185. The van der Waals surface area contributed by atoms with Crippen molar-refractivity contribution >= 4 is 27.1 Å². The van der Waals surface area contributed by atoms with E-state index in [2.05, 4.69) is 152 Å². The van der Waals surface area contributed by atoms with Gasteiger partial charge in [0.2, 0.25) is 0 Å². The Bertz CT molecular complexity index is 2600. The third-order valence-electron chi connectivity index (χ3n) is 10.4. The number of hydrogen-bond donors (Lipinski definition) is 0. The topological polar surface area (TPSA) is 47.9 Å². The number of hydrogen-bond acceptors (Lipinski definition) is 4. The van der Waals surface area contributed by atoms with Crippen LogP contribution in [0, 0.1) is 5.92 Å². The highest BCUT2D eigenvalue weighted by molar-refractivity contribution is 5.98. The Morgan fingerprint density at radius 3 is 2.06 bits per heavy atom. The minimum Gasteiger partial charge on any atom is -0.489 e. The molecule has 51 heavy (non-hydrogen) atoms. The molecule has 0 N–H and O–H groups in total. The molecule has 4 nitrogen and oxygen atoms in total. The third-order valence-corrected chi connectivity index (χ3v) is 10.4. The fourth-order valence-corrected chi connectivity index (χ4v) is 7.97. The van der Waals surface area contributed by atoms with Crippen LogP contribution in [0.5, 0.6) is 0 Å². The summed E-state index contributed by atoms with van der Waals surface area (Å²) in [5.74, 6) is 3.34. The molecule has 3 atom stereocenters. The first kappa shape index (κ1) is 29.5. The van der Waals surface area contributed by atoms with Crippen LogP contribution >= 0.6 is 0 Å². The number of aromatic nitrogens is 3. The van der Waals surface area contributed by atoms with Gasteiger partial charge in [0.05, 0.1) is 5.92 Å². The molecule has 0 saturated carbocycles. The minimum atomic E-state index is -0.0623. The number of rotatable bonds is 5. The molecule has 4 heteroatoms. The largest absolute Gasteiger partial charge is 0.489 e. The van der Waals surface area contributed by atoms with Crippen LogP contribution in [0.4, 0.5) is 0 Å². The molecule has 1 aliphatic heterocycles. The lowest BCUT2D eigenvalue weighted by Gasteiger charge is -2.25. The first-order valence-corrected chi connectivity index (χ1v) is 17.6. The second kappa shape index (κ2) is 12.2. The molecule has 6 aromatic carbocycles. The number of ether oxygens (including phenoxy) is 1. The summed E-state index contributed by atoms with van der Waals surface area (Å²) in [4.78, 5) is 15.3. The van der Waals surface area contributed by atoms with Crippen molar-refractivity contribution in [2.24, 2.45) is 5.92 Å². The van der Waals surface area contributed by atoms with Crippen LogP contribution in [0.2, 0.25) is 0 Å². The molecule has 0 radical (unpaired) electrons. The molecule has 10 rings (SSSR count). The van der Waals surface area contributed by atoms with Gasteiger partial charge in [0.1, 0.15) is 11.9 Å². The number of allylic oxidation sites excluding steroid dienone is 5. The summed E-state index contributed by atoms with van der Waals surface area (Å²) >= 11 is 0. The van der Waals surface area contributed by atoms with Gasteiger partial charge in [-0.2, -0.15) is 0 Å². The maximum absolute atomic E-state index is 6.84. The lowest BCUT2D eigenvalue weighted by Crippen LogP contribution is -2.20. The first-order valence-electron chi connectivity index (χ1n) is 17.6. The van der Waals surface area contributed by atoms with Crippen molar-refractivity contribution in [2.45, 2.75) is 18.4 Å². The maximum atomic E-state index is 6.84. The summed E-state index contributed by atoms with van der Waals surface area (Å²) in [6, 6.07) is 48.8. The van der Waals surface area contributed by atoms with Crippen molar-refractivity contribution < 1.29 is 4.74 Å². The van der Waals surface area contributed by atoms with Crippen LogP contribution in [0.25, 0.3) is 61.3 Å². The highest BCUT2D eigenvalue weighted by Gasteiger charge is 2.42. The van der Waals surface area contributed by atoms with E-state index in [1.54, 1.807) is 0 Å². The van der Waals surface area contributed by atoms with E-state index in [-0.39, 0.29) is 17.9 Å². The van der Waals surface area contributed by atoms with E-state index in [4.69, 9.17) is 19.7 Å². The number of benzene rings is 6. The van der Waals surface area contributed by atoms with E-state index in [1.807, 2.05) is 18.2 Å². The summed E-state index contributed by atoms with van der Waals surface area (Å²) in [5.41, 5.74) is 7.84. The Balaban J connectivity index is 1.14. The fraction of sp³-hybridized carbons (Fsp3) is 0.0851. The van der Waals surface area contributed by atoms with Gasteiger partial charge in [-0.15, -0.1) is 0 Å². The highest BCUT2D eigenvalue weighted by atomic mass is 16.5. The molecule has 0 bridgehead atoms. The van der Waals surface area contributed by atoms with Crippen molar-refractivity contribution in [3.63, 3.8) is 0 Å². The molecule has 2 heterocycles. The second-order valence-electron chi connectivity index (χ2n) is 13.5. The zero-order valence-electron chi connectivity index (χ0n) is 27.9. The number of nitrogens with zero attached hydrogens (tertiary/aromatic N) is 3. The Morgan fingerprint density at radius 2 is 1.24 bits per heavy atom. The van der Waals surface area contributed by atoms with Crippen LogP contribution in [-0.2, 0) is 4.74 Å². The van der Waals surface area contributed by atoms with Gasteiger partial charge in [-0.1, -0.05) is 146 Å². The summed E-state index contributed by atoms with van der Waals surface area (Å²) in [6.45, 7) is 0. The van der Waals surface area contributed by atoms with Gasteiger partial charge in [-0.05, 0) is 68.9 Å². The van der Waals surface area contributed by atoms with Crippen molar-refractivity contribution in [1.29, 1.82) is 0 Å². The van der Waals surface area contributed by atoms with Crippen LogP contribution in [-0.4, -0.2) is 21.1 Å². The lowest BCUT2D eigenvalue weighted by molar-refractivity contribution is 0.153. The van der Waals surface area contributed by atoms with Gasteiger partial charge in [0.25, 0.3) is 0 Å². The highest BCUT2D eigenvalue weighted by Crippen LogP contribution is 2.51. The monoisotopic (exact) mass is 655 g/mol. The van der Waals surface area contributed by atoms with E-state index in [9.17, 15) is 0 Å². The summed E-state index contributed by atoms with van der Waals surface area (Å²) < 4.78 is 6.84. The molecule has 0 amide bonds. The summed E-state index contributed by atoms with van der Waals surface area (Å²) in [6.07, 6.45) is 12.1. The Labute approximate surface area is 296 Å². The standard InChI is InChI=1S/C47H33N3O/c1-3-14-31(15-4-1)38-21-11-23-40-43-39(22-12-24-42(43)51-44(38)40)41-29-36(28-34-19-9-10-20-37(34)41)47-49-45(32-16-5-2-6-17-32)48-46(50-47)35-26-25-30-13-7-8-18-33(30)27-35/h1-20,22-29,38,42-43H,21H2. The summed E-state index contributed by atoms with van der Waals surface area (Å²) in [5, 5.41) is 4.67. The Kier molecular flexibility index (Phi) is 7.05. The first-order chi connectivity index (χ1) is 25.3. The Hall–Kier alpha value is -6.39. The molecule has 2 aliphatic carbocycles. The molecular weight excluding hydrogens is 623 g/mol. The van der Waals surface area contributed by atoms with Gasteiger partial charge in [-0.25, -0.2) is 15.0 Å². The molecule has 3 unspecified atom stereocenters. The normalized spacial score (nSPS) is 19.1. The second-order valence-corrected chi connectivity index (χ2v) is 13.5. The fourth-order valence-electron chi connectivity index (χ4n) is 7.97. The number of fused-ring (bicyclic) bond motifs is 4. The van der Waals surface area contributed by atoms with Gasteiger partial charge in [0.15, 0.2) is 17.5 Å². The molecule has 0 spiro atoms. The molecule has 242 valence electrons. The van der Waals surface area contributed by atoms with Crippen molar-refractivity contribution in [3.8, 4) is 34.2 Å². The zero-order chi connectivity index (χ0) is 33.7. The molecule has 3 aliphatic rings.